The summed E-state index contributed by atoms with van der Waals surface area (Å²) < 4.78 is 10.9. The summed E-state index contributed by atoms with van der Waals surface area (Å²) in [4.78, 5) is 17.7. The first-order valence-electron chi connectivity index (χ1n) is 9.72. The third-order valence-corrected chi connectivity index (χ3v) is 5.65. The quantitative estimate of drug-likeness (QED) is 0.391. The number of methoxy groups -OCH3 is 1. The lowest BCUT2D eigenvalue weighted by atomic mass is 10.1. The van der Waals surface area contributed by atoms with Crippen molar-refractivity contribution >= 4 is 39.4 Å². The molecule has 2 aromatic carbocycles. The molecule has 0 unspecified atom stereocenters. The van der Waals surface area contributed by atoms with Gasteiger partial charge in [0.25, 0.3) is 0 Å². The number of ether oxygens (including phenoxy) is 1. The number of thiazole rings is 1. The minimum Gasteiger partial charge on any atom is -0.497 e. The van der Waals surface area contributed by atoms with Gasteiger partial charge in [-0.25, -0.2) is 4.98 Å². The number of benzene rings is 2. The fourth-order valence-corrected chi connectivity index (χ4v) is 3.95. The van der Waals surface area contributed by atoms with Crippen LogP contribution in [0.25, 0.3) is 17.0 Å². The second-order valence-corrected chi connectivity index (χ2v) is 7.97. The largest absolute Gasteiger partial charge is 0.497 e. The lowest BCUT2D eigenvalue weighted by Crippen LogP contribution is -2.06. The number of fused-ring (bicyclic) bond motifs is 1. The van der Waals surface area contributed by atoms with Crippen molar-refractivity contribution in [2.75, 3.05) is 12.4 Å². The average Bonchev–Trinajstić information content (AvgIpc) is 3.38. The molecule has 2 heterocycles. The highest BCUT2D eigenvalue weighted by atomic mass is 32.1. The first-order valence-corrected chi connectivity index (χ1v) is 10.5. The summed E-state index contributed by atoms with van der Waals surface area (Å²) >= 11 is 1.48. The van der Waals surface area contributed by atoms with Crippen molar-refractivity contribution in [3.8, 4) is 5.75 Å². The van der Waals surface area contributed by atoms with E-state index in [1.54, 1.807) is 13.2 Å². The van der Waals surface area contributed by atoms with E-state index in [4.69, 9.17) is 9.15 Å². The number of anilines is 1. The van der Waals surface area contributed by atoms with Crippen LogP contribution in [0.3, 0.4) is 0 Å². The molecule has 1 amide bonds. The zero-order chi connectivity index (χ0) is 20.9. The number of hydrogen-bond donors (Lipinski definition) is 1. The zero-order valence-electron chi connectivity index (χ0n) is 16.8. The van der Waals surface area contributed by atoms with Crippen LogP contribution in [0.5, 0.6) is 5.75 Å². The molecule has 4 rings (SSSR count). The Bertz CT molecular complexity index is 1190. The number of nitrogens with zero attached hydrogens (tertiary/aromatic N) is 1. The van der Waals surface area contributed by atoms with Crippen LogP contribution in [-0.2, 0) is 17.6 Å². The fraction of sp³-hybridized carbons (Fsp3) is 0.167. The number of rotatable bonds is 7. The topological polar surface area (TPSA) is 64.4 Å². The molecular formula is C24H22N2O3S. The highest BCUT2D eigenvalue weighted by Crippen LogP contribution is 2.25. The number of hydrogen-bond acceptors (Lipinski definition) is 5. The molecule has 0 spiro atoms. The van der Waals surface area contributed by atoms with Gasteiger partial charge in [-0.15, -0.1) is 11.3 Å². The Hall–Kier alpha value is -3.38. The van der Waals surface area contributed by atoms with E-state index in [0.29, 0.717) is 10.9 Å². The molecule has 0 aliphatic carbocycles. The number of aromatic nitrogens is 1. The molecule has 152 valence electrons. The lowest BCUT2D eigenvalue weighted by Gasteiger charge is -2.00. The highest BCUT2D eigenvalue weighted by molar-refractivity contribution is 7.15. The van der Waals surface area contributed by atoms with Crippen molar-refractivity contribution < 1.29 is 13.9 Å². The van der Waals surface area contributed by atoms with E-state index in [1.807, 2.05) is 30.5 Å². The van der Waals surface area contributed by atoms with Crippen LogP contribution in [0.15, 0.2) is 65.2 Å². The van der Waals surface area contributed by atoms with Gasteiger partial charge in [-0.1, -0.05) is 31.2 Å². The van der Waals surface area contributed by atoms with Crippen LogP contribution in [0, 0.1) is 0 Å². The Kier molecular flexibility index (Phi) is 5.95. The molecule has 0 radical (unpaired) electrons. The van der Waals surface area contributed by atoms with Crippen molar-refractivity contribution in [2.24, 2.45) is 0 Å². The smallest absolute Gasteiger partial charge is 0.250 e. The molecule has 0 atom stereocenters. The predicted octanol–water partition coefficient (Wildman–Crippen LogP) is 5.70. The second kappa shape index (κ2) is 8.97. The standard InChI is InChI=1S/C24H22N2O3S/c1-3-16-4-6-17(7-5-16)12-21-15-25-24(30-21)26-23(27)11-9-20-14-18-13-19(28-2)8-10-22(18)29-20/h4-11,13-15H,3,12H2,1-2H3,(H,25,26,27)/b11-9+. The van der Waals surface area contributed by atoms with Gasteiger partial charge in [-0.2, -0.15) is 0 Å². The molecule has 4 aromatic rings. The molecule has 0 bridgehead atoms. The number of nitrogens with one attached hydrogen (secondary N) is 1. The maximum Gasteiger partial charge on any atom is 0.250 e. The summed E-state index contributed by atoms with van der Waals surface area (Å²) in [7, 11) is 1.62. The van der Waals surface area contributed by atoms with Gasteiger partial charge in [0.1, 0.15) is 17.1 Å². The molecule has 5 nitrogen and oxygen atoms in total. The minimum absolute atomic E-state index is 0.249. The van der Waals surface area contributed by atoms with Crippen LogP contribution < -0.4 is 10.1 Å². The van der Waals surface area contributed by atoms with Crippen LogP contribution in [0.2, 0.25) is 0 Å². The first kappa shape index (κ1) is 19.9. The van der Waals surface area contributed by atoms with Crippen molar-refractivity contribution in [1.29, 1.82) is 0 Å². The Morgan fingerprint density at radius 3 is 2.73 bits per heavy atom. The van der Waals surface area contributed by atoms with Crippen LogP contribution in [0.4, 0.5) is 5.13 Å². The summed E-state index contributed by atoms with van der Waals surface area (Å²) in [6, 6.07) is 16.0. The molecular weight excluding hydrogens is 396 g/mol. The van der Waals surface area contributed by atoms with Gasteiger partial charge in [-0.05, 0) is 47.9 Å². The highest BCUT2D eigenvalue weighted by Gasteiger charge is 2.07. The summed E-state index contributed by atoms with van der Waals surface area (Å²) in [5.74, 6) is 1.11. The number of carbonyl (C=O) groups is 1. The maximum atomic E-state index is 12.2. The molecule has 2 aromatic heterocycles. The van der Waals surface area contributed by atoms with Crippen LogP contribution in [0.1, 0.15) is 28.7 Å². The Morgan fingerprint density at radius 1 is 1.17 bits per heavy atom. The fourth-order valence-electron chi connectivity index (χ4n) is 3.10. The first-order chi connectivity index (χ1) is 14.6. The van der Waals surface area contributed by atoms with Crippen molar-refractivity contribution in [1.82, 2.24) is 4.98 Å². The van der Waals surface area contributed by atoms with Gasteiger partial charge < -0.3 is 9.15 Å². The molecule has 0 aliphatic rings. The van der Waals surface area contributed by atoms with Gasteiger partial charge in [-0.3, -0.25) is 10.1 Å². The zero-order valence-corrected chi connectivity index (χ0v) is 17.7. The summed E-state index contributed by atoms with van der Waals surface area (Å²) in [5, 5.41) is 4.31. The van der Waals surface area contributed by atoms with Crippen molar-refractivity contribution in [2.45, 2.75) is 19.8 Å². The van der Waals surface area contributed by atoms with Crippen molar-refractivity contribution in [3.05, 3.63) is 82.6 Å². The van der Waals surface area contributed by atoms with Gasteiger partial charge in [0.15, 0.2) is 5.13 Å². The minimum atomic E-state index is -0.249. The average molecular weight is 419 g/mol. The second-order valence-electron chi connectivity index (χ2n) is 6.85. The third kappa shape index (κ3) is 4.78. The molecule has 30 heavy (non-hydrogen) atoms. The van der Waals surface area contributed by atoms with E-state index in [2.05, 4.69) is 41.5 Å². The van der Waals surface area contributed by atoms with Gasteiger partial charge in [0.2, 0.25) is 5.91 Å². The Morgan fingerprint density at radius 2 is 1.97 bits per heavy atom. The number of aryl methyl sites for hydroxylation is 1. The molecule has 1 N–H and O–H groups in total. The molecule has 6 heteroatoms. The summed E-state index contributed by atoms with van der Waals surface area (Å²) in [6.45, 7) is 2.15. The van der Waals surface area contributed by atoms with E-state index < -0.39 is 0 Å². The maximum absolute atomic E-state index is 12.2. The number of carbonyl (C=O) groups excluding carboxylic acids is 1. The van der Waals surface area contributed by atoms with E-state index >= 15 is 0 Å². The van der Waals surface area contributed by atoms with E-state index in [9.17, 15) is 4.79 Å². The molecule has 0 saturated carbocycles. The van der Waals surface area contributed by atoms with Gasteiger partial charge in [0.05, 0.1) is 7.11 Å². The van der Waals surface area contributed by atoms with E-state index in [1.165, 1.54) is 28.5 Å². The SMILES string of the molecule is CCc1ccc(Cc2cnc(NC(=O)/C=C/c3cc4cc(OC)ccc4o3)s2)cc1. The predicted molar refractivity (Wildman–Crippen MR) is 121 cm³/mol. The molecule has 0 fully saturated rings. The van der Waals surface area contributed by atoms with E-state index in [0.717, 1.165) is 34.4 Å². The Balaban J connectivity index is 1.37. The molecule has 0 saturated heterocycles. The van der Waals surface area contributed by atoms with E-state index in [-0.39, 0.29) is 5.91 Å². The van der Waals surface area contributed by atoms with Gasteiger partial charge in [0, 0.05) is 29.0 Å². The molecule has 0 aliphatic heterocycles. The normalized spacial score (nSPS) is 11.3. The summed E-state index contributed by atoms with van der Waals surface area (Å²) in [5.41, 5.74) is 3.30. The monoisotopic (exact) mass is 418 g/mol. The van der Waals surface area contributed by atoms with Gasteiger partial charge >= 0.3 is 0 Å². The summed E-state index contributed by atoms with van der Waals surface area (Å²) in [6.07, 6.45) is 6.73. The number of furan rings is 1. The van der Waals surface area contributed by atoms with Crippen LogP contribution >= 0.6 is 11.3 Å². The lowest BCUT2D eigenvalue weighted by molar-refractivity contribution is -0.111. The van der Waals surface area contributed by atoms with Crippen molar-refractivity contribution in [3.63, 3.8) is 0 Å². The Labute approximate surface area is 179 Å². The van der Waals surface area contributed by atoms with Crippen LogP contribution in [-0.4, -0.2) is 18.0 Å². The third-order valence-electron chi connectivity index (χ3n) is 4.73. The number of amides is 1.